The zero-order valence-corrected chi connectivity index (χ0v) is 65.5. The Kier molecular flexibility index (Phi) is 65.9. The SMILES string of the molecule is CCC(C)CCCCCCCCCCCCC(=O)OC[C@H](COP(=O)(O)OCC(O)COP(=O)(O)OC[C@@H](COC(=O)CCCCCCCCCCC(C)C)OC(=O)CCCCCCCCCCCCC(C)C)OC(=O)CCCCCCCCCCCCCCCCCCC(C)C. The Morgan fingerprint density at radius 3 is 0.732 bits per heavy atom. The van der Waals surface area contributed by atoms with Crippen molar-refractivity contribution in [2.45, 2.75) is 414 Å². The standard InChI is InChI=1S/C78H152O17P2/c1-9-71(8)57-49-41-33-24-19-21-25-34-42-50-58-75(80)88-64-73(94-77(82)60-52-44-36-26-17-15-13-11-10-12-14-16-22-30-38-46-54-68(2)3)66-92-96(84,85)90-62-72(79)63-91-97(86,87)93-67-74(65-89-76(81)59-51-43-35-29-28-32-40-48-56-70(6)7)95-78(83)61-53-45-37-27-20-18-23-31-39-47-55-69(4)5/h68-74,79H,9-67H2,1-8H3,(H,84,85)(H,86,87)/t71?,72?,73-,74-/m1/s1. The highest BCUT2D eigenvalue weighted by Gasteiger charge is 2.30. The number of esters is 4. The number of unbranched alkanes of at least 4 members (excludes halogenated alkanes) is 40. The number of aliphatic hydroxyl groups is 1. The van der Waals surface area contributed by atoms with E-state index in [1.165, 1.54) is 199 Å². The molecule has 0 aliphatic carbocycles. The smallest absolute Gasteiger partial charge is 0.462 e. The molecular formula is C78H152O17P2. The zero-order valence-electron chi connectivity index (χ0n) is 63.7. The molecule has 3 N–H and O–H groups in total. The van der Waals surface area contributed by atoms with E-state index >= 15 is 0 Å². The Balaban J connectivity index is 5.25. The van der Waals surface area contributed by atoms with Crippen molar-refractivity contribution < 1.29 is 80.2 Å². The van der Waals surface area contributed by atoms with Gasteiger partial charge in [-0.05, 0) is 49.4 Å². The van der Waals surface area contributed by atoms with E-state index in [4.69, 9.17) is 37.0 Å². The van der Waals surface area contributed by atoms with E-state index in [0.29, 0.717) is 25.7 Å². The van der Waals surface area contributed by atoms with Crippen LogP contribution >= 0.6 is 15.6 Å². The predicted molar refractivity (Wildman–Crippen MR) is 395 cm³/mol. The summed E-state index contributed by atoms with van der Waals surface area (Å²) < 4.78 is 68.6. The summed E-state index contributed by atoms with van der Waals surface area (Å²) in [7, 11) is -9.92. The Morgan fingerprint density at radius 2 is 0.495 bits per heavy atom. The van der Waals surface area contributed by atoms with Crippen LogP contribution in [-0.2, 0) is 65.4 Å². The first kappa shape index (κ1) is 95.1. The van der Waals surface area contributed by atoms with Gasteiger partial charge in [-0.1, -0.05) is 344 Å². The van der Waals surface area contributed by atoms with Gasteiger partial charge in [-0.3, -0.25) is 37.3 Å². The van der Waals surface area contributed by atoms with Gasteiger partial charge in [0.2, 0.25) is 0 Å². The van der Waals surface area contributed by atoms with E-state index < -0.39 is 97.5 Å². The van der Waals surface area contributed by atoms with Crippen LogP contribution in [0.25, 0.3) is 0 Å². The zero-order chi connectivity index (χ0) is 71.7. The fraction of sp³-hybridized carbons (Fsp3) is 0.949. The molecular weight excluding hydrogens is 1270 g/mol. The third kappa shape index (κ3) is 70.9. The van der Waals surface area contributed by atoms with Crippen molar-refractivity contribution in [2.75, 3.05) is 39.6 Å². The molecule has 0 aromatic carbocycles. The molecule has 6 atom stereocenters. The first-order valence-electron chi connectivity index (χ1n) is 40.2. The van der Waals surface area contributed by atoms with Crippen LogP contribution in [0.15, 0.2) is 0 Å². The van der Waals surface area contributed by atoms with Crippen molar-refractivity contribution in [3.8, 4) is 0 Å². The van der Waals surface area contributed by atoms with E-state index in [-0.39, 0.29) is 25.7 Å². The highest BCUT2D eigenvalue weighted by Crippen LogP contribution is 2.45. The highest BCUT2D eigenvalue weighted by molar-refractivity contribution is 7.47. The average molecular weight is 1420 g/mol. The summed E-state index contributed by atoms with van der Waals surface area (Å²) in [6.07, 6.45) is 52.7. The van der Waals surface area contributed by atoms with Crippen molar-refractivity contribution in [3.63, 3.8) is 0 Å². The minimum atomic E-state index is -4.96. The monoisotopic (exact) mass is 1420 g/mol. The first-order valence-corrected chi connectivity index (χ1v) is 43.2. The fourth-order valence-corrected chi connectivity index (χ4v) is 13.5. The summed E-state index contributed by atoms with van der Waals surface area (Å²) in [6.45, 7) is 14.2. The molecule has 0 heterocycles. The van der Waals surface area contributed by atoms with E-state index in [1.807, 2.05) is 0 Å². The van der Waals surface area contributed by atoms with E-state index in [9.17, 15) is 43.2 Å². The fourth-order valence-electron chi connectivity index (χ4n) is 11.9. The molecule has 97 heavy (non-hydrogen) atoms. The summed E-state index contributed by atoms with van der Waals surface area (Å²) in [6, 6.07) is 0. The first-order chi connectivity index (χ1) is 46.6. The van der Waals surface area contributed by atoms with Crippen LogP contribution in [0.2, 0.25) is 0 Å². The maximum Gasteiger partial charge on any atom is 0.472 e. The molecule has 0 radical (unpaired) electrons. The van der Waals surface area contributed by atoms with Gasteiger partial charge in [0.05, 0.1) is 26.4 Å². The molecule has 0 saturated heterocycles. The molecule has 0 aromatic rings. The lowest BCUT2D eigenvalue weighted by atomic mass is 9.99. The van der Waals surface area contributed by atoms with Crippen molar-refractivity contribution >= 4 is 39.5 Å². The minimum Gasteiger partial charge on any atom is -0.462 e. The number of phosphoric ester groups is 2. The van der Waals surface area contributed by atoms with Gasteiger partial charge in [-0.15, -0.1) is 0 Å². The summed E-state index contributed by atoms with van der Waals surface area (Å²) in [5.74, 6) is 0.979. The Labute approximate surface area is 594 Å². The lowest BCUT2D eigenvalue weighted by Crippen LogP contribution is -2.30. The third-order valence-corrected chi connectivity index (χ3v) is 20.3. The molecule has 576 valence electrons. The molecule has 0 aliphatic heterocycles. The Hall–Kier alpha value is -1.94. The second kappa shape index (κ2) is 67.2. The molecule has 0 spiro atoms. The predicted octanol–water partition coefficient (Wildman–Crippen LogP) is 22.8. The second-order valence-electron chi connectivity index (χ2n) is 29.8. The van der Waals surface area contributed by atoms with Gasteiger partial charge in [0.15, 0.2) is 12.2 Å². The number of carbonyl (C=O) groups is 4. The van der Waals surface area contributed by atoms with Crippen LogP contribution in [0.1, 0.15) is 396 Å². The minimum absolute atomic E-state index is 0.105. The van der Waals surface area contributed by atoms with E-state index in [0.717, 1.165) is 114 Å². The summed E-state index contributed by atoms with van der Waals surface area (Å²) >= 11 is 0. The van der Waals surface area contributed by atoms with Crippen LogP contribution in [0.5, 0.6) is 0 Å². The molecule has 0 rings (SSSR count). The summed E-state index contributed by atoms with van der Waals surface area (Å²) in [5.41, 5.74) is 0. The quantitative estimate of drug-likeness (QED) is 0.0222. The molecule has 0 saturated carbocycles. The van der Waals surface area contributed by atoms with E-state index in [2.05, 4.69) is 55.4 Å². The normalized spacial score (nSPS) is 14.4. The summed E-state index contributed by atoms with van der Waals surface area (Å²) in [5, 5.41) is 10.6. The van der Waals surface area contributed by atoms with Crippen molar-refractivity contribution in [1.29, 1.82) is 0 Å². The van der Waals surface area contributed by atoms with Gasteiger partial charge in [0.25, 0.3) is 0 Å². The molecule has 0 bridgehead atoms. The Morgan fingerprint density at radius 1 is 0.289 bits per heavy atom. The van der Waals surface area contributed by atoms with Gasteiger partial charge < -0.3 is 33.8 Å². The lowest BCUT2D eigenvalue weighted by molar-refractivity contribution is -0.161. The number of phosphoric acid groups is 2. The van der Waals surface area contributed by atoms with Crippen molar-refractivity contribution in [2.24, 2.45) is 23.7 Å². The van der Waals surface area contributed by atoms with Gasteiger partial charge in [-0.25, -0.2) is 9.13 Å². The van der Waals surface area contributed by atoms with Crippen LogP contribution < -0.4 is 0 Å². The molecule has 0 amide bonds. The molecule has 4 unspecified atom stereocenters. The molecule has 17 nitrogen and oxygen atoms in total. The maximum absolute atomic E-state index is 13.1. The summed E-state index contributed by atoms with van der Waals surface area (Å²) in [4.78, 5) is 72.9. The number of rotatable bonds is 75. The second-order valence-corrected chi connectivity index (χ2v) is 32.7. The maximum atomic E-state index is 13.1. The van der Waals surface area contributed by atoms with Crippen LogP contribution in [0.3, 0.4) is 0 Å². The Bertz CT molecular complexity index is 1900. The largest absolute Gasteiger partial charge is 0.472 e. The lowest BCUT2D eigenvalue weighted by Gasteiger charge is -2.21. The van der Waals surface area contributed by atoms with Crippen LogP contribution in [-0.4, -0.2) is 96.7 Å². The third-order valence-electron chi connectivity index (χ3n) is 18.4. The average Bonchev–Trinajstić information content (AvgIpc) is 1.25. The van der Waals surface area contributed by atoms with Gasteiger partial charge >= 0.3 is 39.5 Å². The van der Waals surface area contributed by atoms with E-state index in [1.54, 1.807) is 0 Å². The molecule has 0 aromatic heterocycles. The molecule has 0 aliphatic rings. The van der Waals surface area contributed by atoms with Crippen LogP contribution in [0.4, 0.5) is 0 Å². The highest BCUT2D eigenvalue weighted by atomic mass is 31.2. The van der Waals surface area contributed by atoms with Gasteiger partial charge in [0, 0.05) is 25.7 Å². The van der Waals surface area contributed by atoms with Crippen LogP contribution in [0, 0.1) is 23.7 Å². The number of aliphatic hydroxyl groups excluding tert-OH is 1. The molecule has 19 heteroatoms. The number of hydrogen-bond acceptors (Lipinski definition) is 15. The number of carbonyl (C=O) groups excluding carboxylic acids is 4. The topological polar surface area (TPSA) is 237 Å². The van der Waals surface area contributed by atoms with Crippen molar-refractivity contribution in [1.82, 2.24) is 0 Å². The van der Waals surface area contributed by atoms with Gasteiger partial charge in [0.1, 0.15) is 19.3 Å². The molecule has 0 fully saturated rings. The number of hydrogen-bond donors (Lipinski definition) is 3. The van der Waals surface area contributed by atoms with Crippen molar-refractivity contribution in [3.05, 3.63) is 0 Å². The van der Waals surface area contributed by atoms with Gasteiger partial charge in [-0.2, -0.15) is 0 Å². The number of ether oxygens (including phenoxy) is 4.